The Morgan fingerprint density at radius 3 is 2.35 bits per heavy atom. The summed E-state index contributed by atoms with van der Waals surface area (Å²) in [6.45, 7) is 10.8. The van der Waals surface area contributed by atoms with Crippen molar-refractivity contribution in [2.75, 3.05) is 45.9 Å². The van der Waals surface area contributed by atoms with Crippen LogP contribution >= 0.6 is 0 Å². The number of amides is 1. The molecule has 3 aromatic rings. The first-order valence-electron chi connectivity index (χ1n) is 16.7. The van der Waals surface area contributed by atoms with Crippen LogP contribution in [0.2, 0.25) is 0 Å². The molecule has 1 amide bonds. The summed E-state index contributed by atoms with van der Waals surface area (Å²) < 4.78 is 6.23. The maximum Gasteiger partial charge on any atom is 0.256 e. The molecule has 1 atom stereocenters. The van der Waals surface area contributed by atoms with E-state index in [2.05, 4.69) is 65.3 Å². The predicted molar refractivity (Wildman–Crippen MR) is 177 cm³/mol. The van der Waals surface area contributed by atoms with Gasteiger partial charge in [0.25, 0.3) is 5.91 Å². The molecule has 0 N–H and O–H groups in total. The molecule has 0 unspecified atom stereocenters. The first-order chi connectivity index (χ1) is 21.1. The fraction of sp³-hybridized carbons (Fsp3) is 0.514. The number of carbonyl (C=O) groups is 1. The number of nitrogens with zero attached hydrogens (tertiary/aromatic N) is 4. The van der Waals surface area contributed by atoms with Gasteiger partial charge in [-0.1, -0.05) is 62.4 Å². The average Bonchev–Trinajstić information content (AvgIpc) is 3.46. The molecule has 43 heavy (non-hydrogen) atoms. The lowest BCUT2D eigenvalue weighted by atomic mass is 10.0. The second-order valence-corrected chi connectivity index (χ2v) is 12.7. The number of hydrogen-bond acceptors (Lipinski definition) is 5. The molecule has 0 saturated carbocycles. The Balaban J connectivity index is 0.853. The molecule has 2 saturated heterocycles. The van der Waals surface area contributed by atoms with Crippen LogP contribution in [-0.4, -0.2) is 78.7 Å². The smallest absolute Gasteiger partial charge is 0.256 e. The number of hydrogen-bond donors (Lipinski definition) is 0. The third-order valence-corrected chi connectivity index (χ3v) is 9.51. The van der Waals surface area contributed by atoms with Crippen LogP contribution in [0.4, 0.5) is 5.69 Å². The Bertz CT molecular complexity index is 1400. The van der Waals surface area contributed by atoms with Gasteiger partial charge in [0.2, 0.25) is 0 Å². The van der Waals surface area contributed by atoms with Crippen LogP contribution in [0, 0.1) is 6.92 Å². The Morgan fingerprint density at radius 1 is 0.814 bits per heavy atom. The molecule has 3 aliphatic heterocycles. The van der Waals surface area contributed by atoms with Crippen molar-refractivity contribution >= 4 is 28.6 Å². The van der Waals surface area contributed by atoms with E-state index in [-0.39, 0.29) is 11.9 Å². The molecule has 0 bridgehead atoms. The first-order valence-corrected chi connectivity index (χ1v) is 16.7. The lowest BCUT2D eigenvalue weighted by molar-refractivity contribution is 0.0775. The molecular weight excluding hydrogens is 532 g/mol. The molecule has 6 nitrogen and oxygen atoms in total. The monoisotopic (exact) mass is 580 g/mol. The lowest BCUT2D eigenvalue weighted by Gasteiger charge is -2.34. The van der Waals surface area contributed by atoms with Crippen molar-refractivity contribution in [2.24, 2.45) is 4.99 Å². The Hall–Kier alpha value is -3.22. The largest absolute Gasteiger partial charge is 0.493 e. The number of aliphatic imine (C=N–C) groups is 1. The molecule has 6 heteroatoms. The van der Waals surface area contributed by atoms with Gasteiger partial charge in [0.05, 0.1) is 23.9 Å². The summed E-state index contributed by atoms with van der Waals surface area (Å²) in [5.74, 6) is 1.06. The van der Waals surface area contributed by atoms with Crippen molar-refractivity contribution in [2.45, 2.75) is 77.3 Å². The predicted octanol–water partition coefficient (Wildman–Crippen LogP) is 7.40. The zero-order chi connectivity index (χ0) is 29.4. The average molecular weight is 581 g/mol. The minimum atomic E-state index is 0.114. The number of ether oxygens (including phenoxy) is 1. The van der Waals surface area contributed by atoms with Crippen molar-refractivity contribution in [3.8, 4) is 5.75 Å². The summed E-state index contributed by atoms with van der Waals surface area (Å²) in [7, 11) is 0. The summed E-state index contributed by atoms with van der Waals surface area (Å²) >= 11 is 0. The molecule has 2 fully saturated rings. The van der Waals surface area contributed by atoms with Gasteiger partial charge in [-0.3, -0.25) is 14.7 Å². The SMILES string of the molecule is Cc1cc2cc3c(cc2cc1OCCCCCCCCCN1CCN(Cc2ccccc2)CC1)N=C[C@@H]1CCCN1C3=O. The second kappa shape index (κ2) is 14.5. The van der Waals surface area contributed by atoms with Crippen LogP contribution in [0.3, 0.4) is 0 Å². The fourth-order valence-corrected chi connectivity index (χ4v) is 6.90. The second-order valence-electron chi connectivity index (χ2n) is 12.7. The maximum absolute atomic E-state index is 13.2. The molecule has 3 aromatic carbocycles. The highest BCUT2D eigenvalue weighted by atomic mass is 16.5. The molecule has 0 aliphatic carbocycles. The highest BCUT2D eigenvalue weighted by Crippen LogP contribution is 2.35. The minimum Gasteiger partial charge on any atom is -0.493 e. The first kappa shape index (κ1) is 29.8. The van der Waals surface area contributed by atoms with Crippen LogP contribution in [0.5, 0.6) is 5.75 Å². The zero-order valence-electron chi connectivity index (χ0n) is 26.0. The van der Waals surface area contributed by atoms with Crippen LogP contribution in [0.1, 0.15) is 79.3 Å². The summed E-state index contributed by atoms with van der Waals surface area (Å²) in [6.07, 6.45) is 12.9. The Kier molecular flexibility index (Phi) is 10.1. The molecular formula is C37H48N4O2. The fourth-order valence-electron chi connectivity index (χ4n) is 6.90. The normalized spacial score (nSPS) is 19.0. The van der Waals surface area contributed by atoms with Gasteiger partial charge in [-0.2, -0.15) is 0 Å². The van der Waals surface area contributed by atoms with E-state index in [0.29, 0.717) is 0 Å². The van der Waals surface area contributed by atoms with E-state index in [9.17, 15) is 4.79 Å². The lowest BCUT2D eigenvalue weighted by Crippen LogP contribution is -2.46. The molecule has 3 heterocycles. The van der Waals surface area contributed by atoms with Gasteiger partial charge in [-0.05, 0) is 85.3 Å². The van der Waals surface area contributed by atoms with Gasteiger partial charge >= 0.3 is 0 Å². The topological polar surface area (TPSA) is 48.4 Å². The van der Waals surface area contributed by atoms with E-state index in [4.69, 9.17) is 9.73 Å². The van der Waals surface area contributed by atoms with E-state index in [1.165, 1.54) is 76.8 Å². The van der Waals surface area contributed by atoms with E-state index in [1.807, 2.05) is 17.2 Å². The quantitative estimate of drug-likeness (QED) is 0.198. The third kappa shape index (κ3) is 7.66. The summed E-state index contributed by atoms with van der Waals surface area (Å²) in [5, 5.41) is 2.16. The van der Waals surface area contributed by atoms with Crippen molar-refractivity contribution in [1.29, 1.82) is 0 Å². The number of carbonyl (C=O) groups excluding carboxylic acids is 1. The van der Waals surface area contributed by atoms with Crippen molar-refractivity contribution in [1.82, 2.24) is 14.7 Å². The summed E-state index contributed by atoms with van der Waals surface area (Å²) in [4.78, 5) is 25.1. The number of rotatable bonds is 13. The van der Waals surface area contributed by atoms with E-state index >= 15 is 0 Å². The minimum absolute atomic E-state index is 0.114. The standard InChI is InChI=1S/C37H48N4O2/c1-29-23-31-24-34-35(38-27-33-15-12-17-41(33)37(34)42)25-32(31)26-36(29)43-22-11-6-4-2-3-5-10-16-39-18-20-40(21-19-39)28-30-13-8-7-9-14-30/h7-9,13-14,23-27,33H,2-6,10-12,15-22,28H2,1H3/t33-/m0/s1. The van der Waals surface area contributed by atoms with Gasteiger partial charge in [0.15, 0.2) is 0 Å². The molecule has 0 radical (unpaired) electrons. The zero-order valence-corrected chi connectivity index (χ0v) is 26.0. The van der Waals surface area contributed by atoms with E-state index in [0.717, 1.165) is 72.3 Å². The number of unbranched alkanes of at least 4 members (excludes halogenated alkanes) is 6. The number of piperazine rings is 1. The van der Waals surface area contributed by atoms with Gasteiger partial charge in [0, 0.05) is 45.5 Å². The molecule has 0 spiro atoms. The van der Waals surface area contributed by atoms with Gasteiger partial charge < -0.3 is 14.5 Å². The highest BCUT2D eigenvalue weighted by molar-refractivity contribution is 6.06. The maximum atomic E-state index is 13.2. The summed E-state index contributed by atoms with van der Waals surface area (Å²) in [6, 6.07) is 19.3. The van der Waals surface area contributed by atoms with Gasteiger partial charge in [-0.15, -0.1) is 0 Å². The van der Waals surface area contributed by atoms with Crippen molar-refractivity contribution in [3.63, 3.8) is 0 Å². The van der Waals surface area contributed by atoms with Gasteiger partial charge in [-0.25, -0.2) is 0 Å². The summed E-state index contributed by atoms with van der Waals surface area (Å²) in [5.41, 5.74) is 4.05. The number of aryl methyl sites for hydroxylation is 1. The molecule has 228 valence electrons. The van der Waals surface area contributed by atoms with E-state index in [1.54, 1.807) is 0 Å². The number of fused-ring (bicyclic) bond motifs is 3. The molecule has 6 rings (SSSR count). The molecule has 0 aromatic heterocycles. The third-order valence-electron chi connectivity index (χ3n) is 9.51. The number of benzene rings is 3. The molecule has 3 aliphatic rings. The Labute approximate surface area is 257 Å². The van der Waals surface area contributed by atoms with Gasteiger partial charge in [0.1, 0.15) is 5.75 Å². The van der Waals surface area contributed by atoms with Crippen LogP contribution in [0.15, 0.2) is 59.6 Å². The van der Waals surface area contributed by atoms with Crippen molar-refractivity contribution in [3.05, 3.63) is 71.3 Å². The van der Waals surface area contributed by atoms with Crippen LogP contribution in [0.25, 0.3) is 10.8 Å². The highest BCUT2D eigenvalue weighted by Gasteiger charge is 2.31. The Morgan fingerprint density at radius 2 is 1.53 bits per heavy atom. The van der Waals surface area contributed by atoms with Crippen LogP contribution in [-0.2, 0) is 6.54 Å². The van der Waals surface area contributed by atoms with E-state index < -0.39 is 0 Å². The van der Waals surface area contributed by atoms with Crippen LogP contribution < -0.4 is 4.74 Å². The van der Waals surface area contributed by atoms with Crippen molar-refractivity contribution < 1.29 is 9.53 Å².